The highest BCUT2D eigenvalue weighted by Gasteiger charge is 2.80. The first-order valence-corrected chi connectivity index (χ1v) is 28.5. The van der Waals surface area contributed by atoms with E-state index in [1.165, 1.54) is 21.6 Å². The van der Waals surface area contributed by atoms with Gasteiger partial charge in [0.15, 0.2) is 5.78 Å². The molecule has 5 aliphatic heterocycles. The third-order valence-corrected chi connectivity index (χ3v) is 25.1. The normalized spacial score (nSPS) is 51.5. The van der Waals surface area contributed by atoms with Crippen molar-refractivity contribution >= 4 is 39.0 Å². The van der Waals surface area contributed by atoms with Gasteiger partial charge in [0.25, 0.3) is 0 Å². The second-order valence-corrected chi connectivity index (χ2v) is 27.2. The van der Waals surface area contributed by atoms with Crippen LogP contribution < -0.4 is 4.90 Å². The molecule has 1 aromatic rings. The third kappa shape index (κ3) is 5.56. The monoisotopic (exact) mass is 971 g/mol. The van der Waals surface area contributed by atoms with Gasteiger partial charge in [-0.3, -0.25) is 9.59 Å². The standard InChI is InChI=1S/C55H73NO10S2/c1-30(2)31(3)44-45(66-44)53(64)16-7-9-34-22-38-39-24-43(61)52(26-41(60)40(59)25-48(38,52)4)47(63)68-67-27-35-10-5-14-49(29-57)17-12-33-8-6-15-50(33)28-56(46(62)55(35,49)50)36-20-32(21-37(58)23-36)11-18-51(34)42(53)13-19-54(39,51)65/h7,9,12,17,20-21,23-24,30-31,33-35,38,40-42,44-45,47,57-60,63-65H,5-6,8,10-11,13-16,18-19,22,25-29H2,1-4H3/t31-,33+,34-,35-,38+,40+,41-,42+,44+,45-,47+,48-,49-,50-,51-,52+,53-,54-,55+/m1/s1. The van der Waals surface area contributed by atoms with E-state index in [4.69, 9.17) is 4.74 Å². The van der Waals surface area contributed by atoms with Crippen molar-refractivity contribution in [1.82, 2.24) is 0 Å². The molecule has 370 valence electrons. The van der Waals surface area contributed by atoms with Crippen molar-refractivity contribution in [1.29, 1.82) is 0 Å². The Labute approximate surface area is 409 Å². The molecule has 8 aliphatic carbocycles. The second-order valence-electron chi connectivity index (χ2n) is 24.7. The topological polar surface area (TPSA) is 192 Å². The zero-order valence-corrected chi connectivity index (χ0v) is 41.8. The van der Waals surface area contributed by atoms with E-state index < -0.39 is 79.3 Å². The molecular weight excluding hydrogens is 899 g/mol. The molecule has 0 radical (unpaired) electrons. The lowest BCUT2D eigenvalue weighted by atomic mass is 9.39. The number of hydrogen-bond donors (Lipinski definition) is 7. The second kappa shape index (κ2) is 15.4. The van der Waals surface area contributed by atoms with Crippen molar-refractivity contribution in [3.8, 4) is 5.75 Å². The molecule has 1 aromatic carbocycles. The van der Waals surface area contributed by atoms with E-state index in [-0.39, 0.29) is 66.7 Å². The molecule has 19 atom stereocenters. The summed E-state index contributed by atoms with van der Waals surface area (Å²) in [4.78, 5) is 33.6. The van der Waals surface area contributed by atoms with E-state index >= 15 is 9.59 Å². The Hall–Kier alpha value is -2.20. The fourth-order valence-electron chi connectivity index (χ4n) is 19.1. The molecule has 13 aliphatic rings. The molecule has 68 heavy (non-hydrogen) atoms. The van der Waals surface area contributed by atoms with Gasteiger partial charge in [0.05, 0.1) is 41.3 Å². The van der Waals surface area contributed by atoms with Crippen molar-refractivity contribution < 1.29 is 50.1 Å². The summed E-state index contributed by atoms with van der Waals surface area (Å²) in [6.07, 6.45) is 14.8. The Kier molecular flexibility index (Phi) is 10.6. The first-order chi connectivity index (χ1) is 32.3. The van der Waals surface area contributed by atoms with Crippen LogP contribution in [0.5, 0.6) is 5.75 Å². The number of carbonyl (C=O) groups excluding carboxylic acids is 2. The zero-order chi connectivity index (χ0) is 47.8. The van der Waals surface area contributed by atoms with Gasteiger partial charge >= 0.3 is 0 Å². The number of phenolic OH excluding ortho intramolecular Hbond substituents is 1. The summed E-state index contributed by atoms with van der Waals surface area (Å²) in [5, 5.41) is 87.1. The molecule has 7 fully saturated rings. The molecule has 13 heteroatoms. The largest absolute Gasteiger partial charge is 0.508 e. The molecule has 0 aromatic heterocycles. The van der Waals surface area contributed by atoms with Gasteiger partial charge in [0, 0.05) is 46.2 Å². The molecule has 14 rings (SSSR count). The van der Waals surface area contributed by atoms with Crippen molar-refractivity contribution in [2.45, 2.75) is 159 Å². The van der Waals surface area contributed by atoms with E-state index in [0.717, 1.165) is 37.7 Å². The first kappa shape index (κ1) is 46.8. The van der Waals surface area contributed by atoms with Crippen LogP contribution in [0.3, 0.4) is 0 Å². The molecule has 8 bridgehead atoms. The van der Waals surface area contributed by atoms with Crippen LogP contribution in [0.4, 0.5) is 5.69 Å². The Bertz CT molecular complexity index is 2390. The zero-order valence-electron chi connectivity index (χ0n) is 40.2. The van der Waals surface area contributed by atoms with Crippen molar-refractivity contribution in [2.75, 3.05) is 23.8 Å². The van der Waals surface area contributed by atoms with Gasteiger partial charge in [-0.2, -0.15) is 0 Å². The summed E-state index contributed by atoms with van der Waals surface area (Å²) in [7, 11) is 2.71. The van der Waals surface area contributed by atoms with Gasteiger partial charge in [-0.05, 0) is 147 Å². The number of ketones is 1. The summed E-state index contributed by atoms with van der Waals surface area (Å²) in [5.41, 5.74) is -7.93. The summed E-state index contributed by atoms with van der Waals surface area (Å²) in [5.74, 6) is -0.493. The number of nitrogens with zero attached hydrogens (tertiary/aromatic N) is 1. The number of fused-ring (bicyclic) bond motifs is 1. The van der Waals surface area contributed by atoms with E-state index in [1.807, 2.05) is 17.9 Å². The number of rotatable bonds is 4. The van der Waals surface area contributed by atoms with Gasteiger partial charge in [-0.15, -0.1) is 0 Å². The maximum atomic E-state index is 16.1. The number of carbonyl (C=O) groups is 2. The van der Waals surface area contributed by atoms with Gasteiger partial charge in [0.2, 0.25) is 5.91 Å². The Morgan fingerprint density at radius 1 is 0.926 bits per heavy atom. The highest BCUT2D eigenvalue weighted by atomic mass is 33.1. The van der Waals surface area contributed by atoms with Crippen LogP contribution >= 0.6 is 21.6 Å². The highest BCUT2D eigenvalue weighted by molar-refractivity contribution is 8.76. The Balaban J connectivity index is 1.06. The minimum atomic E-state index is -1.57. The van der Waals surface area contributed by atoms with E-state index in [9.17, 15) is 35.7 Å². The number of anilines is 1. The molecule has 5 saturated carbocycles. The van der Waals surface area contributed by atoms with Crippen molar-refractivity contribution in [3.63, 3.8) is 0 Å². The lowest BCUT2D eigenvalue weighted by Crippen LogP contribution is -2.70. The molecular formula is C55H73NO10S2. The van der Waals surface area contributed by atoms with Crippen LogP contribution in [-0.4, -0.2) is 107 Å². The number of phenols is 1. The summed E-state index contributed by atoms with van der Waals surface area (Å²) in [6.45, 7) is 8.82. The van der Waals surface area contributed by atoms with Crippen LogP contribution in [0, 0.1) is 73.9 Å². The Morgan fingerprint density at radius 2 is 1.71 bits per heavy atom. The smallest absolute Gasteiger partial charge is 0.235 e. The fourth-order valence-corrected chi connectivity index (χ4v) is 22.1. The molecule has 1 amide bonds. The number of aryl methyl sites for hydroxylation is 1. The first-order valence-electron chi connectivity index (χ1n) is 26.2. The summed E-state index contributed by atoms with van der Waals surface area (Å²) >= 11 is 0. The molecule has 5 heterocycles. The van der Waals surface area contributed by atoms with Crippen LogP contribution in [0.1, 0.15) is 117 Å². The number of amides is 1. The number of epoxide rings is 1. The molecule has 2 saturated heterocycles. The average molecular weight is 972 g/mol. The number of ether oxygens (including phenoxy) is 1. The minimum Gasteiger partial charge on any atom is -0.508 e. The minimum absolute atomic E-state index is 0.0123. The Morgan fingerprint density at radius 3 is 2.49 bits per heavy atom. The lowest BCUT2D eigenvalue weighted by molar-refractivity contribution is -0.206. The number of hydrogen-bond acceptors (Lipinski definition) is 12. The number of aliphatic hydroxyl groups is 6. The third-order valence-electron chi connectivity index (χ3n) is 22.4. The highest BCUT2D eigenvalue weighted by Crippen LogP contribution is 2.78. The SMILES string of the molecule is CC(C)[C@@H](C)[C@@H]1O[C@H]1[C@@]1(O)CC=C[C@@H]2C[C@H]3C4=CC(=O)[C@@]5(C[C@@H](O)[C@@H](O)C[C@]35C)[C@@H](O)SSC[C@H]3CCC[C@]5(CO)C=C[C@@H]6CCC[C@@]67CN(C(=O)[C@@]357)c3cc(O)cc(c3)CC[C@]23[C@@H]1CC[C@@]43O. The number of aliphatic hydroxyl groups excluding tert-OH is 4. The van der Waals surface area contributed by atoms with E-state index in [1.54, 1.807) is 18.2 Å². The van der Waals surface area contributed by atoms with E-state index in [2.05, 4.69) is 45.1 Å². The maximum Gasteiger partial charge on any atom is 0.235 e. The van der Waals surface area contributed by atoms with Crippen LogP contribution in [-0.2, 0) is 20.7 Å². The van der Waals surface area contributed by atoms with Gasteiger partial charge in [-0.25, -0.2) is 0 Å². The summed E-state index contributed by atoms with van der Waals surface area (Å²) < 4.78 is 6.52. The molecule has 4 spiro atoms. The molecule has 7 N–H and O–H groups in total. The molecule has 11 nitrogen and oxygen atoms in total. The van der Waals surface area contributed by atoms with Crippen LogP contribution in [0.25, 0.3) is 0 Å². The predicted molar refractivity (Wildman–Crippen MR) is 261 cm³/mol. The molecule has 0 unspecified atom stereocenters. The maximum absolute atomic E-state index is 16.1. The van der Waals surface area contributed by atoms with Gasteiger partial charge in [-0.1, -0.05) is 86.4 Å². The van der Waals surface area contributed by atoms with Gasteiger partial charge < -0.3 is 45.4 Å². The average Bonchev–Trinajstić information content (AvgIpc) is 3.83. The van der Waals surface area contributed by atoms with Crippen LogP contribution in [0.15, 0.2) is 54.2 Å². The van der Waals surface area contributed by atoms with E-state index in [0.29, 0.717) is 74.4 Å². The van der Waals surface area contributed by atoms with Gasteiger partial charge in [0.1, 0.15) is 22.9 Å². The predicted octanol–water partition coefficient (Wildman–Crippen LogP) is 7.04. The lowest BCUT2D eigenvalue weighted by Gasteiger charge is -2.67. The quantitative estimate of drug-likeness (QED) is 0.0928. The van der Waals surface area contributed by atoms with Crippen LogP contribution in [0.2, 0.25) is 0 Å². The fraction of sp³-hybridized carbons (Fsp3) is 0.745. The number of benzene rings is 1. The van der Waals surface area contributed by atoms with Crippen molar-refractivity contribution in [2.24, 2.45) is 73.9 Å². The summed E-state index contributed by atoms with van der Waals surface area (Å²) in [6, 6.07) is 5.53. The van der Waals surface area contributed by atoms with Crippen molar-refractivity contribution in [3.05, 3.63) is 59.7 Å². The number of allylic oxidation sites excluding steroid dienone is 3. The number of aromatic hydroxyl groups is 1.